The number of benzene rings is 1. The normalized spacial score (nSPS) is 13.2. The van der Waals surface area contributed by atoms with Crippen LogP contribution >= 0.6 is 11.6 Å². The molecule has 1 rings (SSSR count). The predicted molar refractivity (Wildman–Crippen MR) is 71.1 cm³/mol. The van der Waals surface area contributed by atoms with Crippen molar-refractivity contribution in [3.63, 3.8) is 0 Å². The van der Waals surface area contributed by atoms with E-state index in [-0.39, 0.29) is 24.2 Å². The van der Waals surface area contributed by atoms with E-state index in [4.69, 9.17) is 22.5 Å². The summed E-state index contributed by atoms with van der Waals surface area (Å²) in [5.74, 6) is -0.453. The fraction of sp³-hybridized carbons (Fsp3) is 0.333. The van der Waals surface area contributed by atoms with Crippen molar-refractivity contribution in [3.05, 3.63) is 34.3 Å². The van der Waals surface area contributed by atoms with Crippen molar-refractivity contribution in [1.29, 1.82) is 0 Å². The second-order valence-corrected chi connectivity index (χ2v) is 4.53. The van der Waals surface area contributed by atoms with E-state index < -0.39 is 0 Å². The topological polar surface area (TPSA) is 87.7 Å². The summed E-state index contributed by atoms with van der Waals surface area (Å²) in [6, 6.07) is 5.21. The summed E-state index contributed by atoms with van der Waals surface area (Å²) in [4.78, 5) is 11.9. The molecule has 0 aliphatic heterocycles. The van der Waals surface area contributed by atoms with Crippen LogP contribution in [0.1, 0.15) is 22.8 Å². The van der Waals surface area contributed by atoms with Crippen LogP contribution in [0, 0.1) is 12.8 Å². The number of nitrogens with zero attached hydrogens (tertiary/aromatic N) is 1. The van der Waals surface area contributed by atoms with Crippen molar-refractivity contribution in [1.82, 2.24) is 5.32 Å². The van der Waals surface area contributed by atoms with E-state index in [0.29, 0.717) is 10.6 Å². The molecule has 0 aliphatic carbocycles. The van der Waals surface area contributed by atoms with Gasteiger partial charge >= 0.3 is 0 Å². The van der Waals surface area contributed by atoms with Crippen molar-refractivity contribution in [2.24, 2.45) is 16.8 Å². The Kier molecular flexibility index (Phi) is 4.97. The monoisotopic (exact) mass is 269 g/mol. The van der Waals surface area contributed by atoms with Crippen LogP contribution in [0.15, 0.2) is 23.4 Å². The minimum Gasteiger partial charge on any atom is -0.409 e. The third-order valence-electron chi connectivity index (χ3n) is 2.56. The highest BCUT2D eigenvalue weighted by Crippen LogP contribution is 2.17. The molecule has 0 radical (unpaired) electrons. The van der Waals surface area contributed by atoms with E-state index in [1.165, 1.54) is 0 Å². The van der Waals surface area contributed by atoms with E-state index in [2.05, 4.69) is 10.5 Å². The molecule has 0 fully saturated rings. The Morgan fingerprint density at radius 3 is 2.83 bits per heavy atom. The Bertz CT molecular complexity index is 474. The number of hydrogen-bond donors (Lipinski definition) is 3. The van der Waals surface area contributed by atoms with E-state index in [1.807, 2.05) is 13.0 Å². The van der Waals surface area contributed by atoms with Gasteiger partial charge in [-0.2, -0.15) is 0 Å². The molecule has 1 aromatic rings. The summed E-state index contributed by atoms with van der Waals surface area (Å²) >= 11 is 5.98. The van der Waals surface area contributed by atoms with Gasteiger partial charge in [-0.15, -0.1) is 0 Å². The van der Waals surface area contributed by atoms with Crippen molar-refractivity contribution >= 4 is 23.3 Å². The first-order valence-corrected chi connectivity index (χ1v) is 5.85. The number of carbonyl (C=O) groups excluding carboxylic acids is 1. The fourth-order valence-electron chi connectivity index (χ4n) is 1.35. The summed E-state index contributed by atoms with van der Waals surface area (Å²) < 4.78 is 0. The molecule has 5 nitrogen and oxygen atoms in total. The number of amidine groups is 1. The number of nitrogens with two attached hydrogens (primary N) is 1. The molecule has 18 heavy (non-hydrogen) atoms. The van der Waals surface area contributed by atoms with Gasteiger partial charge < -0.3 is 16.3 Å². The number of hydrogen-bond acceptors (Lipinski definition) is 3. The molecule has 1 amide bonds. The zero-order chi connectivity index (χ0) is 13.7. The average Bonchev–Trinajstić information content (AvgIpc) is 2.34. The first kappa shape index (κ1) is 14.3. The van der Waals surface area contributed by atoms with Crippen molar-refractivity contribution < 1.29 is 10.0 Å². The molecule has 0 aromatic heterocycles. The lowest BCUT2D eigenvalue weighted by Gasteiger charge is -2.11. The quantitative estimate of drug-likeness (QED) is 0.337. The van der Waals surface area contributed by atoms with Gasteiger partial charge in [-0.25, -0.2) is 0 Å². The summed E-state index contributed by atoms with van der Waals surface area (Å²) in [5, 5.41) is 14.5. The van der Waals surface area contributed by atoms with Crippen LogP contribution in [0.2, 0.25) is 5.02 Å². The second-order valence-electron chi connectivity index (χ2n) is 4.12. The molecule has 1 aromatic carbocycles. The smallest absolute Gasteiger partial charge is 0.252 e. The lowest BCUT2D eigenvalue weighted by atomic mass is 10.1. The highest BCUT2D eigenvalue weighted by atomic mass is 35.5. The molecule has 0 aliphatic rings. The van der Waals surface area contributed by atoms with E-state index in [1.54, 1.807) is 19.1 Å². The SMILES string of the molecule is Cc1ccc(C(=O)NCC(C)/C(N)=N/O)c(Cl)c1. The minimum absolute atomic E-state index is 0.0744. The van der Waals surface area contributed by atoms with E-state index >= 15 is 0 Å². The molecular weight excluding hydrogens is 254 g/mol. The second kappa shape index (κ2) is 6.26. The maximum absolute atomic E-state index is 11.9. The van der Waals surface area contributed by atoms with Crippen LogP contribution in [-0.4, -0.2) is 23.5 Å². The lowest BCUT2D eigenvalue weighted by Crippen LogP contribution is -2.34. The Morgan fingerprint density at radius 1 is 1.61 bits per heavy atom. The molecule has 1 unspecified atom stereocenters. The minimum atomic E-state index is -0.280. The molecule has 0 heterocycles. The van der Waals surface area contributed by atoms with Crippen LogP contribution in [0.4, 0.5) is 0 Å². The van der Waals surface area contributed by atoms with Crippen LogP contribution in [0.5, 0.6) is 0 Å². The number of aryl methyl sites for hydroxylation is 1. The van der Waals surface area contributed by atoms with Gasteiger partial charge in [0.15, 0.2) is 0 Å². The van der Waals surface area contributed by atoms with Crippen molar-refractivity contribution in [2.45, 2.75) is 13.8 Å². The number of carbonyl (C=O) groups is 1. The van der Waals surface area contributed by atoms with Crippen LogP contribution in [0.3, 0.4) is 0 Å². The first-order chi connectivity index (χ1) is 8.45. The Morgan fingerprint density at radius 2 is 2.28 bits per heavy atom. The zero-order valence-corrected chi connectivity index (χ0v) is 11.0. The predicted octanol–water partition coefficient (Wildman–Crippen LogP) is 1.76. The molecular formula is C12H16ClN3O2. The largest absolute Gasteiger partial charge is 0.409 e. The van der Waals surface area contributed by atoms with Crippen molar-refractivity contribution in [2.75, 3.05) is 6.54 Å². The van der Waals surface area contributed by atoms with Crippen LogP contribution in [0.25, 0.3) is 0 Å². The standard InChI is InChI=1S/C12H16ClN3O2/c1-7-3-4-9(10(13)5-7)12(17)15-6-8(2)11(14)16-18/h3-5,8,18H,6H2,1-2H3,(H2,14,16)(H,15,17). The summed E-state index contributed by atoms with van der Waals surface area (Å²) in [5.41, 5.74) is 6.81. The molecule has 1 atom stereocenters. The average molecular weight is 270 g/mol. The molecule has 6 heteroatoms. The highest BCUT2D eigenvalue weighted by Gasteiger charge is 2.13. The fourth-order valence-corrected chi connectivity index (χ4v) is 1.67. The Labute approximate surface area is 111 Å². The number of nitrogens with one attached hydrogen (secondary N) is 1. The summed E-state index contributed by atoms with van der Waals surface area (Å²) in [6.07, 6.45) is 0. The van der Waals surface area contributed by atoms with Gasteiger partial charge in [-0.05, 0) is 24.6 Å². The van der Waals surface area contributed by atoms with Gasteiger partial charge in [0.25, 0.3) is 5.91 Å². The number of oxime groups is 1. The maximum atomic E-state index is 11.9. The molecule has 0 spiro atoms. The number of rotatable bonds is 4. The van der Waals surface area contributed by atoms with E-state index in [0.717, 1.165) is 5.56 Å². The molecule has 98 valence electrons. The van der Waals surface area contributed by atoms with Gasteiger partial charge in [-0.3, -0.25) is 4.79 Å². The van der Waals surface area contributed by atoms with Gasteiger partial charge in [0.2, 0.25) is 0 Å². The molecule has 0 saturated heterocycles. The summed E-state index contributed by atoms with van der Waals surface area (Å²) in [6.45, 7) is 3.92. The number of amides is 1. The van der Waals surface area contributed by atoms with Gasteiger partial charge in [0, 0.05) is 12.5 Å². The third-order valence-corrected chi connectivity index (χ3v) is 2.87. The van der Waals surface area contributed by atoms with Crippen molar-refractivity contribution in [3.8, 4) is 0 Å². The highest BCUT2D eigenvalue weighted by molar-refractivity contribution is 6.33. The van der Waals surface area contributed by atoms with Gasteiger partial charge in [0.05, 0.1) is 10.6 Å². The lowest BCUT2D eigenvalue weighted by molar-refractivity contribution is 0.0951. The van der Waals surface area contributed by atoms with Crippen LogP contribution in [-0.2, 0) is 0 Å². The number of halogens is 1. The first-order valence-electron chi connectivity index (χ1n) is 5.47. The third kappa shape index (κ3) is 3.63. The Hall–Kier alpha value is -1.75. The zero-order valence-electron chi connectivity index (χ0n) is 10.3. The van der Waals surface area contributed by atoms with Crippen LogP contribution < -0.4 is 11.1 Å². The van der Waals surface area contributed by atoms with Gasteiger partial charge in [-0.1, -0.05) is 29.7 Å². The summed E-state index contributed by atoms with van der Waals surface area (Å²) in [7, 11) is 0. The van der Waals surface area contributed by atoms with Gasteiger partial charge in [0.1, 0.15) is 5.84 Å². The molecule has 4 N–H and O–H groups in total. The maximum Gasteiger partial charge on any atom is 0.252 e. The molecule has 0 bridgehead atoms. The van der Waals surface area contributed by atoms with E-state index in [9.17, 15) is 4.79 Å². The Balaban J connectivity index is 2.66. The molecule has 0 saturated carbocycles.